The highest BCUT2D eigenvalue weighted by Crippen LogP contribution is 2.56. The number of rotatable bonds is 6. The van der Waals surface area contributed by atoms with Crippen molar-refractivity contribution in [2.24, 2.45) is 23.7 Å². The second-order valence-electron chi connectivity index (χ2n) is 12.4. The Morgan fingerprint density at radius 3 is 2.51 bits per heavy atom. The number of fused-ring (bicyclic) bond motifs is 1. The molecule has 2 N–H and O–H groups in total. The number of hydrogen-bond acceptors (Lipinski definition) is 5. The Hall–Kier alpha value is -2.87. The van der Waals surface area contributed by atoms with Gasteiger partial charge in [-0.05, 0) is 49.7 Å². The van der Waals surface area contributed by atoms with E-state index in [0.717, 1.165) is 44.9 Å². The summed E-state index contributed by atoms with van der Waals surface area (Å²) in [6.45, 7) is 4.38. The van der Waals surface area contributed by atoms with Crippen molar-refractivity contribution in [3.8, 4) is 5.75 Å². The Balaban J connectivity index is 1.33. The van der Waals surface area contributed by atoms with Crippen molar-refractivity contribution in [3.05, 3.63) is 36.4 Å². The van der Waals surface area contributed by atoms with Crippen LogP contribution in [0.3, 0.4) is 0 Å². The summed E-state index contributed by atoms with van der Waals surface area (Å²) in [6, 6.07) is 6.47. The summed E-state index contributed by atoms with van der Waals surface area (Å²) in [4.78, 5) is 44.2. The number of ether oxygens (including phenoxy) is 2. The van der Waals surface area contributed by atoms with Crippen LogP contribution in [0.2, 0.25) is 0 Å². The molecule has 5 aliphatic rings. The number of carbonyl (C=O) groups is 3. The maximum absolute atomic E-state index is 14.4. The Morgan fingerprint density at radius 2 is 1.77 bits per heavy atom. The van der Waals surface area contributed by atoms with E-state index in [2.05, 4.69) is 24.5 Å². The van der Waals surface area contributed by atoms with Gasteiger partial charge in [0.05, 0.1) is 25.0 Å². The summed E-state index contributed by atoms with van der Waals surface area (Å²) in [5.74, 6) is -0.647. The number of methoxy groups -OCH3 is 1. The van der Waals surface area contributed by atoms with E-state index in [4.69, 9.17) is 9.47 Å². The molecule has 2 saturated carbocycles. The minimum atomic E-state index is -1.13. The molecule has 8 nitrogen and oxygen atoms in total. The van der Waals surface area contributed by atoms with E-state index in [1.807, 2.05) is 29.2 Å². The molecule has 0 radical (unpaired) electrons. The zero-order valence-electron chi connectivity index (χ0n) is 23.2. The van der Waals surface area contributed by atoms with Crippen molar-refractivity contribution in [3.63, 3.8) is 0 Å². The van der Waals surface area contributed by atoms with Crippen LogP contribution < -0.4 is 15.4 Å². The zero-order chi connectivity index (χ0) is 27.3. The smallest absolute Gasteiger partial charge is 0.246 e. The van der Waals surface area contributed by atoms with Crippen molar-refractivity contribution in [1.29, 1.82) is 0 Å². The lowest BCUT2D eigenvalue weighted by Gasteiger charge is -2.42. The molecule has 0 aromatic heterocycles. The number of amides is 3. The summed E-state index contributed by atoms with van der Waals surface area (Å²) in [6.07, 6.45) is 11.6. The standard InChI is InChI=1S/C31H41N3O5/c1-18-9-4-6-13-22(18)33-29(36)27-31-16-15-24(39-31)25(28(35)32-20-11-8-12-21(17-20)38-3)26(31)30(37)34(27)23-14-7-5-10-19(23)2/h8,11-12,15-19,22-27H,4-7,9-10,13-14H2,1-3H3,(H,32,35)(H,33,36)/t18-,19+,22+,23-,24-,25+,26-,27-,31-/m1/s1. The average molecular weight is 536 g/mol. The molecule has 2 aliphatic carbocycles. The molecule has 1 spiro atoms. The average Bonchev–Trinajstić information content (AvgIpc) is 3.58. The lowest BCUT2D eigenvalue weighted by molar-refractivity contribution is -0.146. The van der Waals surface area contributed by atoms with Crippen LogP contribution in [0.1, 0.15) is 65.2 Å². The first-order chi connectivity index (χ1) is 18.8. The molecule has 9 atom stereocenters. The van der Waals surface area contributed by atoms with Crippen LogP contribution in [0.15, 0.2) is 36.4 Å². The lowest BCUT2D eigenvalue weighted by atomic mass is 9.74. The molecule has 4 fully saturated rings. The number of nitrogens with one attached hydrogen (secondary N) is 2. The molecular weight excluding hydrogens is 494 g/mol. The van der Waals surface area contributed by atoms with Gasteiger partial charge in [0.1, 0.15) is 17.4 Å². The van der Waals surface area contributed by atoms with Gasteiger partial charge in [0.15, 0.2) is 0 Å². The van der Waals surface area contributed by atoms with Crippen molar-refractivity contribution < 1.29 is 23.9 Å². The second kappa shape index (κ2) is 10.3. The second-order valence-corrected chi connectivity index (χ2v) is 12.4. The number of benzene rings is 1. The van der Waals surface area contributed by atoms with Gasteiger partial charge in [-0.1, -0.05) is 57.7 Å². The molecule has 8 heteroatoms. The van der Waals surface area contributed by atoms with E-state index in [1.54, 1.807) is 19.2 Å². The van der Waals surface area contributed by atoms with E-state index in [1.165, 1.54) is 6.42 Å². The van der Waals surface area contributed by atoms with Crippen LogP contribution >= 0.6 is 0 Å². The summed E-state index contributed by atoms with van der Waals surface area (Å²) < 4.78 is 11.9. The number of anilines is 1. The van der Waals surface area contributed by atoms with E-state index in [9.17, 15) is 14.4 Å². The molecule has 210 valence electrons. The molecule has 0 unspecified atom stereocenters. The van der Waals surface area contributed by atoms with Gasteiger partial charge in [0, 0.05) is 23.8 Å². The Morgan fingerprint density at radius 1 is 1.03 bits per heavy atom. The maximum Gasteiger partial charge on any atom is 0.246 e. The Kier molecular flexibility index (Phi) is 6.94. The molecule has 6 rings (SSSR count). The third-order valence-electron chi connectivity index (χ3n) is 10.1. The third kappa shape index (κ3) is 4.35. The van der Waals surface area contributed by atoms with Crippen LogP contribution in [-0.2, 0) is 19.1 Å². The molecule has 3 heterocycles. The quantitative estimate of drug-likeness (QED) is 0.536. The first kappa shape index (κ1) is 26.4. The largest absolute Gasteiger partial charge is 0.497 e. The van der Waals surface area contributed by atoms with Gasteiger partial charge < -0.3 is 25.0 Å². The van der Waals surface area contributed by atoms with Gasteiger partial charge >= 0.3 is 0 Å². The Bertz CT molecular complexity index is 1170. The van der Waals surface area contributed by atoms with Gasteiger partial charge in [-0.15, -0.1) is 0 Å². The zero-order valence-corrected chi connectivity index (χ0v) is 23.2. The summed E-state index contributed by atoms with van der Waals surface area (Å²) >= 11 is 0. The van der Waals surface area contributed by atoms with Gasteiger partial charge in [-0.2, -0.15) is 0 Å². The predicted molar refractivity (Wildman–Crippen MR) is 147 cm³/mol. The topological polar surface area (TPSA) is 97.0 Å². The lowest BCUT2D eigenvalue weighted by Crippen LogP contribution is -2.60. The number of hydrogen-bond donors (Lipinski definition) is 2. The van der Waals surface area contributed by atoms with Gasteiger partial charge in [0.2, 0.25) is 17.7 Å². The third-order valence-corrected chi connectivity index (χ3v) is 10.1. The normalized spacial score (nSPS) is 38.9. The minimum absolute atomic E-state index is 0.0381. The monoisotopic (exact) mass is 535 g/mol. The van der Waals surface area contributed by atoms with Gasteiger partial charge in [0.25, 0.3) is 0 Å². The van der Waals surface area contributed by atoms with Gasteiger partial charge in [-0.3, -0.25) is 14.4 Å². The Labute approximate surface area is 230 Å². The van der Waals surface area contributed by atoms with Crippen LogP contribution in [0.4, 0.5) is 5.69 Å². The van der Waals surface area contributed by atoms with Gasteiger partial charge in [-0.25, -0.2) is 0 Å². The molecule has 2 saturated heterocycles. The molecule has 1 aromatic carbocycles. The fourth-order valence-electron chi connectivity index (χ4n) is 7.99. The highest BCUT2D eigenvalue weighted by Gasteiger charge is 2.73. The molecule has 2 bridgehead atoms. The van der Waals surface area contributed by atoms with E-state index >= 15 is 0 Å². The summed E-state index contributed by atoms with van der Waals surface area (Å²) in [5.41, 5.74) is -0.527. The fraction of sp³-hybridized carbons (Fsp3) is 0.645. The van der Waals surface area contributed by atoms with Crippen LogP contribution in [0, 0.1) is 23.7 Å². The van der Waals surface area contributed by atoms with Crippen LogP contribution in [0.5, 0.6) is 5.75 Å². The van der Waals surface area contributed by atoms with Crippen molar-refractivity contribution in [1.82, 2.24) is 10.2 Å². The highest BCUT2D eigenvalue weighted by molar-refractivity contribution is 6.03. The van der Waals surface area contributed by atoms with E-state index < -0.39 is 29.6 Å². The van der Waals surface area contributed by atoms with Crippen molar-refractivity contribution in [2.45, 2.75) is 95.0 Å². The van der Waals surface area contributed by atoms with Crippen LogP contribution in [0.25, 0.3) is 0 Å². The maximum atomic E-state index is 14.4. The molecule has 3 amide bonds. The predicted octanol–water partition coefficient (Wildman–Crippen LogP) is 4.06. The van der Waals surface area contributed by atoms with E-state index in [-0.39, 0.29) is 35.7 Å². The molecule has 1 aromatic rings. The summed E-state index contributed by atoms with van der Waals surface area (Å²) in [5, 5.41) is 6.33. The van der Waals surface area contributed by atoms with Crippen LogP contribution in [-0.4, -0.2) is 59.6 Å². The van der Waals surface area contributed by atoms with Crippen molar-refractivity contribution >= 4 is 23.4 Å². The molecule has 39 heavy (non-hydrogen) atoms. The minimum Gasteiger partial charge on any atom is -0.497 e. The van der Waals surface area contributed by atoms with Crippen molar-refractivity contribution in [2.75, 3.05) is 12.4 Å². The fourth-order valence-corrected chi connectivity index (χ4v) is 7.99. The number of nitrogens with zero attached hydrogens (tertiary/aromatic N) is 1. The first-order valence-corrected chi connectivity index (χ1v) is 14.8. The number of carbonyl (C=O) groups excluding carboxylic acids is 3. The van der Waals surface area contributed by atoms with E-state index in [0.29, 0.717) is 17.4 Å². The summed E-state index contributed by atoms with van der Waals surface area (Å²) in [7, 11) is 1.58. The molecule has 3 aliphatic heterocycles. The SMILES string of the molecule is COc1cccc(NC(=O)[C@H]2[C@H]3C=C[C@@]4(O3)[C@H]2C(=O)N([C@@H]2CCCC[C@@H]2C)[C@@H]4C(=O)N[C@H]2CCCC[C@H]2C)c1. The molecular formula is C31H41N3O5. The first-order valence-electron chi connectivity index (χ1n) is 14.8. The highest BCUT2D eigenvalue weighted by atomic mass is 16.5. The number of likely N-dealkylation sites (tertiary alicyclic amines) is 1.